The SMILES string of the molecule is CCCc1cc(C(=O)O)ccc1Oc1c(CC(=O)NS(=O)(=O)c2ccc(C(C)C)cc2)ccc2c1OCO2. The van der Waals surface area contributed by atoms with Crippen LogP contribution < -0.4 is 18.9 Å². The van der Waals surface area contributed by atoms with Crippen LogP contribution in [0.1, 0.15) is 60.2 Å². The average molecular weight is 540 g/mol. The molecule has 4 rings (SSSR count). The molecule has 3 aromatic rings. The molecule has 200 valence electrons. The number of nitrogens with one attached hydrogen (secondary N) is 1. The molecule has 1 aliphatic heterocycles. The zero-order valence-electron chi connectivity index (χ0n) is 21.3. The first-order chi connectivity index (χ1) is 18.1. The average Bonchev–Trinajstić information content (AvgIpc) is 3.35. The van der Waals surface area contributed by atoms with Gasteiger partial charge in [-0.05, 0) is 59.9 Å². The smallest absolute Gasteiger partial charge is 0.335 e. The first kappa shape index (κ1) is 27.0. The van der Waals surface area contributed by atoms with Gasteiger partial charge in [0.25, 0.3) is 10.0 Å². The van der Waals surface area contributed by atoms with E-state index in [4.69, 9.17) is 14.2 Å². The zero-order valence-corrected chi connectivity index (χ0v) is 22.1. The Kier molecular flexibility index (Phi) is 7.91. The second kappa shape index (κ2) is 11.1. The number of hydrogen-bond acceptors (Lipinski definition) is 7. The molecular formula is C28H29NO8S. The maximum absolute atomic E-state index is 12.9. The Bertz CT molecular complexity index is 1460. The molecule has 1 aliphatic rings. The highest BCUT2D eigenvalue weighted by Crippen LogP contribution is 2.46. The summed E-state index contributed by atoms with van der Waals surface area (Å²) in [4.78, 5) is 24.3. The van der Waals surface area contributed by atoms with E-state index in [0.717, 1.165) is 12.0 Å². The lowest BCUT2D eigenvalue weighted by molar-refractivity contribution is -0.118. The van der Waals surface area contributed by atoms with Gasteiger partial charge in [-0.3, -0.25) is 4.79 Å². The largest absolute Gasteiger partial charge is 0.478 e. The van der Waals surface area contributed by atoms with Crippen molar-refractivity contribution >= 4 is 21.9 Å². The number of hydrogen-bond donors (Lipinski definition) is 2. The lowest BCUT2D eigenvalue weighted by Crippen LogP contribution is -2.31. The Morgan fingerprint density at radius 2 is 1.76 bits per heavy atom. The predicted octanol–water partition coefficient (Wildman–Crippen LogP) is 5.03. The van der Waals surface area contributed by atoms with Crippen LogP contribution >= 0.6 is 0 Å². The van der Waals surface area contributed by atoms with Gasteiger partial charge in [-0.1, -0.05) is 45.4 Å². The molecule has 0 aliphatic carbocycles. The van der Waals surface area contributed by atoms with Gasteiger partial charge >= 0.3 is 5.97 Å². The summed E-state index contributed by atoms with van der Waals surface area (Å²) in [6, 6.07) is 14.1. The molecular weight excluding hydrogens is 510 g/mol. The van der Waals surface area contributed by atoms with Gasteiger partial charge in [-0.15, -0.1) is 0 Å². The monoisotopic (exact) mass is 539 g/mol. The van der Waals surface area contributed by atoms with Crippen molar-refractivity contribution in [3.8, 4) is 23.0 Å². The van der Waals surface area contributed by atoms with Crippen LogP contribution in [0, 0.1) is 0 Å². The highest BCUT2D eigenvalue weighted by Gasteiger charge is 2.26. The van der Waals surface area contributed by atoms with Crippen molar-refractivity contribution in [1.29, 1.82) is 0 Å². The molecule has 0 spiro atoms. The standard InChI is InChI=1S/C28H29NO8S/c1-4-5-19-14-21(28(31)32)9-12-23(19)37-26-20(8-13-24-27(26)36-16-35-24)15-25(30)29-38(33,34)22-10-6-18(7-11-22)17(2)3/h6-14,17H,4-5,15-16H2,1-3H3,(H,29,30)(H,31,32). The summed E-state index contributed by atoms with van der Waals surface area (Å²) in [5.74, 6) is -0.257. The maximum Gasteiger partial charge on any atom is 0.335 e. The fourth-order valence-corrected chi connectivity index (χ4v) is 5.06. The summed E-state index contributed by atoms with van der Waals surface area (Å²) in [5.41, 5.74) is 2.16. The Morgan fingerprint density at radius 3 is 2.42 bits per heavy atom. The predicted molar refractivity (Wildman–Crippen MR) is 140 cm³/mol. The third-order valence-corrected chi connectivity index (χ3v) is 7.46. The highest BCUT2D eigenvalue weighted by atomic mass is 32.2. The van der Waals surface area contributed by atoms with Gasteiger partial charge in [-0.25, -0.2) is 17.9 Å². The molecule has 1 amide bonds. The van der Waals surface area contributed by atoms with Crippen LogP contribution in [0.5, 0.6) is 23.0 Å². The van der Waals surface area contributed by atoms with E-state index in [1.165, 1.54) is 18.2 Å². The van der Waals surface area contributed by atoms with E-state index >= 15 is 0 Å². The summed E-state index contributed by atoms with van der Waals surface area (Å²) in [5, 5.41) is 9.37. The number of fused-ring (bicyclic) bond motifs is 1. The number of ether oxygens (including phenoxy) is 3. The number of carbonyl (C=O) groups excluding carboxylic acids is 1. The molecule has 10 heteroatoms. The number of amides is 1. The van der Waals surface area contributed by atoms with Crippen LogP contribution in [0.2, 0.25) is 0 Å². The van der Waals surface area contributed by atoms with Crippen molar-refractivity contribution in [2.24, 2.45) is 0 Å². The molecule has 0 atom stereocenters. The molecule has 2 N–H and O–H groups in total. The van der Waals surface area contributed by atoms with Crippen LogP contribution in [-0.4, -0.2) is 32.2 Å². The van der Waals surface area contributed by atoms with Crippen LogP contribution in [0.3, 0.4) is 0 Å². The Balaban J connectivity index is 1.61. The van der Waals surface area contributed by atoms with Crippen LogP contribution in [-0.2, 0) is 27.7 Å². The Labute approximate surface area is 221 Å². The first-order valence-corrected chi connectivity index (χ1v) is 13.7. The van der Waals surface area contributed by atoms with E-state index in [-0.39, 0.29) is 41.1 Å². The number of carboxylic acids is 1. The zero-order chi connectivity index (χ0) is 27.4. The number of carboxylic acid groups (broad SMARTS) is 1. The molecule has 0 fully saturated rings. The van der Waals surface area contributed by atoms with E-state index in [1.807, 2.05) is 20.8 Å². The summed E-state index contributed by atoms with van der Waals surface area (Å²) in [6.07, 6.45) is 0.995. The summed E-state index contributed by atoms with van der Waals surface area (Å²) in [6.45, 7) is 5.92. The normalized spacial score (nSPS) is 12.4. The van der Waals surface area contributed by atoms with Gasteiger partial charge in [0.05, 0.1) is 16.9 Å². The molecule has 0 aromatic heterocycles. The van der Waals surface area contributed by atoms with E-state index in [2.05, 4.69) is 4.72 Å². The molecule has 38 heavy (non-hydrogen) atoms. The molecule has 0 radical (unpaired) electrons. The van der Waals surface area contributed by atoms with Crippen LogP contribution in [0.25, 0.3) is 0 Å². The van der Waals surface area contributed by atoms with Crippen molar-refractivity contribution in [3.63, 3.8) is 0 Å². The third kappa shape index (κ3) is 5.91. The minimum atomic E-state index is -4.08. The summed E-state index contributed by atoms with van der Waals surface area (Å²) >= 11 is 0. The summed E-state index contributed by atoms with van der Waals surface area (Å²) in [7, 11) is -4.08. The van der Waals surface area contributed by atoms with Crippen molar-refractivity contribution < 1.29 is 37.3 Å². The Hall–Kier alpha value is -4.05. The van der Waals surface area contributed by atoms with E-state index in [0.29, 0.717) is 29.0 Å². The first-order valence-electron chi connectivity index (χ1n) is 12.2. The van der Waals surface area contributed by atoms with Gasteiger partial charge in [0.1, 0.15) is 5.75 Å². The minimum Gasteiger partial charge on any atom is -0.478 e. The lowest BCUT2D eigenvalue weighted by Gasteiger charge is -2.16. The van der Waals surface area contributed by atoms with E-state index < -0.39 is 21.9 Å². The number of aryl methyl sites for hydroxylation is 1. The second-order valence-corrected chi connectivity index (χ2v) is 10.9. The third-order valence-electron chi connectivity index (χ3n) is 6.07. The fraction of sp³-hybridized carbons (Fsp3) is 0.286. The van der Waals surface area contributed by atoms with E-state index in [1.54, 1.807) is 36.4 Å². The van der Waals surface area contributed by atoms with Crippen molar-refractivity contribution in [2.45, 2.75) is 50.8 Å². The van der Waals surface area contributed by atoms with Crippen molar-refractivity contribution in [3.05, 3.63) is 76.9 Å². The van der Waals surface area contributed by atoms with Gasteiger partial charge in [0.15, 0.2) is 11.5 Å². The number of rotatable bonds is 10. The topological polar surface area (TPSA) is 128 Å². The molecule has 0 unspecified atom stereocenters. The van der Waals surface area contributed by atoms with Gasteiger partial charge in [-0.2, -0.15) is 0 Å². The molecule has 3 aromatic carbocycles. The van der Waals surface area contributed by atoms with Gasteiger partial charge < -0.3 is 19.3 Å². The maximum atomic E-state index is 12.9. The quantitative estimate of drug-likeness (QED) is 0.367. The van der Waals surface area contributed by atoms with Crippen molar-refractivity contribution in [2.75, 3.05) is 6.79 Å². The fourth-order valence-electron chi connectivity index (χ4n) is 4.08. The second-order valence-electron chi connectivity index (χ2n) is 9.20. The number of aromatic carboxylic acids is 1. The van der Waals surface area contributed by atoms with Gasteiger partial charge in [0, 0.05) is 5.56 Å². The number of carbonyl (C=O) groups is 2. The summed E-state index contributed by atoms with van der Waals surface area (Å²) < 4.78 is 45.0. The molecule has 9 nitrogen and oxygen atoms in total. The molecule has 0 saturated heterocycles. The molecule has 1 heterocycles. The Morgan fingerprint density at radius 1 is 1.03 bits per heavy atom. The van der Waals surface area contributed by atoms with Crippen LogP contribution in [0.15, 0.2) is 59.5 Å². The van der Waals surface area contributed by atoms with Crippen molar-refractivity contribution in [1.82, 2.24) is 4.72 Å². The minimum absolute atomic E-state index is 0.0138. The lowest BCUT2D eigenvalue weighted by atomic mass is 10.0. The highest BCUT2D eigenvalue weighted by molar-refractivity contribution is 7.90. The number of benzene rings is 3. The van der Waals surface area contributed by atoms with E-state index in [9.17, 15) is 23.1 Å². The molecule has 0 bridgehead atoms. The van der Waals surface area contributed by atoms with Gasteiger partial charge in [0.2, 0.25) is 18.4 Å². The van der Waals surface area contributed by atoms with Crippen LogP contribution in [0.4, 0.5) is 0 Å². The molecule has 0 saturated carbocycles. The number of sulfonamides is 1.